The van der Waals surface area contributed by atoms with Gasteiger partial charge in [0.25, 0.3) is 0 Å². The van der Waals surface area contributed by atoms with Gasteiger partial charge < -0.3 is 10.3 Å². The summed E-state index contributed by atoms with van der Waals surface area (Å²) in [5.74, 6) is 0.678. The number of rotatable bonds is 2. The van der Waals surface area contributed by atoms with Gasteiger partial charge in [-0.2, -0.15) is 0 Å². The number of hydrogen-bond donors (Lipinski definition) is 1. The van der Waals surface area contributed by atoms with E-state index < -0.39 is 0 Å². The minimum absolute atomic E-state index is 0.179. The van der Waals surface area contributed by atoms with Crippen LogP contribution in [-0.4, -0.2) is 5.16 Å². The van der Waals surface area contributed by atoms with Crippen LogP contribution in [0.3, 0.4) is 0 Å². The van der Waals surface area contributed by atoms with Crippen molar-refractivity contribution < 1.29 is 4.52 Å². The lowest BCUT2D eigenvalue weighted by Crippen LogP contribution is -2.04. The van der Waals surface area contributed by atoms with Crippen molar-refractivity contribution in [3.05, 3.63) is 41.2 Å². The molecule has 1 unspecified atom stereocenters. The zero-order valence-corrected chi connectivity index (χ0v) is 9.03. The van der Waals surface area contributed by atoms with Gasteiger partial charge in [0.1, 0.15) is 0 Å². The molecule has 2 aromatic rings. The Kier molecular flexibility index (Phi) is 2.75. The highest BCUT2D eigenvalue weighted by molar-refractivity contribution is 6.30. The second-order valence-electron chi connectivity index (χ2n) is 3.40. The van der Waals surface area contributed by atoms with Gasteiger partial charge in [-0.1, -0.05) is 28.9 Å². The van der Waals surface area contributed by atoms with Gasteiger partial charge in [0.05, 0.1) is 12.2 Å². The standard InChI is InChI=1S/C11H11ClN2O/c1-7(13)11-10(6-14-15-11)8-3-2-4-9(12)5-8/h2-7H,13H2,1H3. The zero-order chi connectivity index (χ0) is 10.8. The fourth-order valence-corrected chi connectivity index (χ4v) is 1.64. The molecule has 0 amide bonds. The third-order valence-corrected chi connectivity index (χ3v) is 2.38. The lowest BCUT2D eigenvalue weighted by atomic mass is 10.0. The van der Waals surface area contributed by atoms with Crippen LogP contribution in [0.1, 0.15) is 18.7 Å². The maximum absolute atomic E-state index is 5.91. The molecule has 0 radical (unpaired) electrons. The van der Waals surface area contributed by atoms with Crippen molar-refractivity contribution in [3.63, 3.8) is 0 Å². The van der Waals surface area contributed by atoms with Gasteiger partial charge in [0.15, 0.2) is 5.76 Å². The van der Waals surface area contributed by atoms with E-state index in [1.54, 1.807) is 6.20 Å². The van der Waals surface area contributed by atoms with Crippen LogP contribution in [0, 0.1) is 0 Å². The number of nitrogens with zero attached hydrogens (tertiary/aromatic N) is 1. The van der Waals surface area contributed by atoms with Gasteiger partial charge in [-0.15, -0.1) is 0 Å². The number of halogens is 1. The Morgan fingerprint density at radius 2 is 2.27 bits per heavy atom. The summed E-state index contributed by atoms with van der Waals surface area (Å²) in [6, 6.07) is 7.34. The summed E-state index contributed by atoms with van der Waals surface area (Å²) in [5, 5.41) is 4.44. The molecule has 1 aromatic carbocycles. The Hall–Kier alpha value is -1.32. The topological polar surface area (TPSA) is 52.0 Å². The second-order valence-corrected chi connectivity index (χ2v) is 3.84. The van der Waals surface area contributed by atoms with Crippen LogP contribution in [0.15, 0.2) is 35.0 Å². The molecule has 0 bridgehead atoms. The lowest BCUT2D eigenvalue weighted by Gasteiger charge is -2.04. The molecule has 0 aliphatic heterocycles. The highest BCUT2D eigenvalue weighted by Gasteiger charge is 2.13. The van der Waals surface area contributed by atoms with Gasteiger partial charge in [-0.25, -0.2) is 0 Å². The fourth-order valence-electron chi connectivity index (χ4n) is 1.45. The SMILES string of the molecule is CC(N)c1oncc1-c1cccc(Cl)c1. The Morgan fingerprint density at radius 3 is 2.93 bits per heavy atom. The molecule has 0 fully saturated rings. The number of nitrogens with two attached hydrogens (primary N) is 1. The third-order valence-electron chi connectivity index (χ3n) is 2.15. The van der Waals surface area contributed by atoms with Crippen LogP contribution in [0.25, 0.3) is 11.1 Å². The smallest absolute Gasteiger partial charge is 0.160 e. The molecule has 3 nitrogen and oxygen atoms in total. The molecule has 1 heterocycles. The van der Waals surface area contributed by atoms with Gasteiger partial charge in [0, 0.05) is 10.6 Å². The summed E-state index contributed by atoms with van der Waals surface area (Å²) in [4.78, 5) is 0. The normalized spacial score (nSPS) is 12.7. The minimum atomic E-state index is -0.179. The van der Waals surface area contributed by atoms with E-state index in [-0.39, 0.29) is 6.04 Å². The third kappa shape index (κ3) is 2.03. The zero-order valence-electron chi connectivity index (χ0n) is 8.27. The minimum Gasteiger partial charge on any atom is -0.359 e. The summed E-state index contributed by atoms with van der Waals surface area (Å²) >= 11 is 5.91. The summed E-state index contributed by atoms with van der Waals surface area (Å²) in [7, 11) is 0. The molecule has 0 saturated carbocycles. The molecule has 15 heavy (non-hydrogen) atoms. The van der Waals surface area contributed by atoms with Crippen molar-refractivity contribution >= 4 is 11.6 Å². The molecule has 0 saturated heterocycles. The molecule has 2 rings (SSSR count). The van der Waals surface area contributed by atoms with Gasteiger partial charge >= 0.3 is 0 Å². The second kappa shape index (κ2) is 4.04. The quantitative estimate of drug-likeness (QED) is 0.850. The van der Waals surface area contributed by atoms with E-state index in [2.05, 4.69) is 5.16 Å². The lowest BCUT2D eigenvalue weighted by molar-refractivity contribution is 0.368. The Morgan fingerprint density at radius 1 is 1.47 bits per heavy atom. The van der Waals surface area contributed by atoms with Crippen LogP contribution in [0.4, 0.5) is 0 Å². The summed E-state index contributed by atoms with van der Waals surface area (Å²) < 4.78 is 5.10. The van der Waals surface area contributed by atoms with E-state index in [9.17, 15) is 0 Å². The molecule has 0 spiro atoms. The Balaban J connectivity index is 2.49. The predicted octanol–water partition coefficient (Wildman–Crippen LogP) is 3.01. The summed E-state index contributed by atoms with van der Waals surface area (Å²) in [5.41, 5.74) is 7.63. The predicted molar refractivity (Wildman–Crippen MR) is 59.6 cm³/mol. The van der Waals surface area contributed by atoms with Gasteiger partial charge in [-0.3, -0.25) is 0 Å². The van der Waals surface area contributed by atoms with Crippen molar-refractivity contribution in [1.82, 2.24) is 5.16 Å². The first-order valence-electron chi connectivity index (χ1n) is 4.64. The van der Waals surface area contributed by atoms with E-state index in [1.807, 2.05) is 31.2 Å². The number of benzene rings is 1. The molecule has 78 valence electrons. The molecule has 2 N–H and O–H groups in total. The van der Waals surface area contributed by atoms with Gasteiger partial charge in [0.2, 0.25) is 0 Å². The average Bonchev–Trinajstić information content (AvgIpc) is 2.65. The first-order valence-corrected chi connectivity index (χ1v) is 5.02. The molecular formula is C11H11ClN2O. The van der Waals surface area contributed by atoms with E-state index >= 15 is 0 Å². The molecule has 4 heteroatoms. The maximum atomic E-state index is 5.91. The maximum Gasteiger partial charge on any atom is 0.160 e. The van der Waals surface area contributed by atoms with E-state index in [0.29, 0.717) is 10.8 Å². The molecule has 1 aromatic heterocycles. The summed E-state index contributed by atoms with van der Waals surface area (Å²) in [6.45, 7) is 1.86. The van der Waals surface area contributed by atoms with Crippen molar-refractivity contribution in [1.29, 1.82) is 0 Å². The van der Waals surface area contributed by atoms with Crippen molar-refractivity contribution in [2.24, 2.45) is 5.73 Å². The number of aromatic nitrogens is 1. The van der Waals surface area contributed by atoms with E-state index in [1.165, 1.54) is 0 Å². The number of hydrogen-bond acceptors (Lipinski definition) is 3. The van der Waals surface area contributed by atoms with Crippen molar-refractivity contribution in [2.45, 2.75) is 13.0 Å². The highest BCUT2D eigenvalue weighted by atomic mass is 35.5. The largest absolute Gasteiger partial charge is 0.359 e. The first-order chi connectivity index (χ1) is 7.18. The fraction of sp³-hybridized carbons (Fsp3) is 0.182. The van der Waals surface area contributed by atoms with E-state index in [0.717, 1.165) is 11.1 Å². The van der Waals surface area contributed by atoms with Crippen LogP contribution >= 0.6 is 11.6 Å². The van der Waals surface area contributed by atoms with Crippen LogP contribution < -0.4 is 5.73 Å². The Labute approximate surface area is 92.8 Å². The molecule has 0 aliphatic rings. The van der Waals surface area contributed by atoms with Crippen molar-refractivity contribution in [2.75, 3.05) is 0 Å². The summed E-state index contributed by atoms with van der Waals surface area (Å²) in [6.07, 6.45) is 1.66. The van der Waals surface area contributed by atoms with E-state index in [4.69, 9.17) is 21.9 Å². The van der Waals surface area contributed by atoms with Crippen LogP contribution in [0.5, 0.6) is 0 Å². The van der Waals surface area contributed by atoms with Crippen LogP contribution in [-0.2, 0) is 0 Å². The monoisotopic (exact) mass is 222 g/mol. The van der Waals surface area contributed by atoms with Crippen LogP contribution in [0.2, 0.25) is 5.02 Å². The van der Waals surface area contributed by atoms with Crippen molar-refractivity contribution in [3.8, 4) is 11.1 Å². The molecular weight excluding hydrogens is 212 g/mol. The molecule has 1 atom stereocenters. The Bertz CT molecular complexity index is 465. The highest BCUT2D eigenvalue weighted by Crippen LogP contribution is 2.28. The molecule has 0 aliphatic carbocycles. The average molecular weight is 223 g/mol. The first kappa shape index (κ1) is 10.2. The van der Waals surface area contributed by atoms with Gasteiger partial charge in [-0.05, 0) is 24.6 Å².